The summed E-state index contributed by atoms with van der Waals surface area (Å²) in [5, 5.41) is 0.469. The molecule has 0 radical (unpaired) electrons. The number of aliphatic imine (C=N–C) groups is 1. The summed E-state index contributed by atoms with van der Waals surface area (Å²) in [4.78, 5) is 6.57. The molecule has 2 aliphatic heterocycles. The summed E-state index contributed by atoms with van der Waals surface area (Å²) in [6, 6.07) is 6.54. The fraction of sp³-hybridized carbons (Fsp3) is 0.500. The SMILES string of the molecule is CC1SCCCC12CN=C(N)N2c1ccc(F)cc1. The summed E-state index contributed by atoms with van der Waals surface area (Å²) in [5.74, 6) is 1.53. The number of anilines is 1. The molecule has 0 amide bonds. The molecular formula is C14H18FN3S. The predicted molar refractivity (Wildman–Crippen MR) is 79.3 cm³/mol. The molecule has 2 atom stereocenters. The molecule has 1 spiro atoms. The lowest BCUT2D eigenvalue weighted by atomic mass is 9.88. The minimum absolute atomic E-state index is 0.0369. The number of rotatable bonds is 1. The molecule has 0 bridgehead atoms. The van der Waals surface area contributed by atoms with Crippen LogP contribution in [0.15, 0.2) is 29.3 Å². The van der Waals surface area contributed by atoms with Crippen LogP contribution in [0.1, 0.15) is 19.8 Å². The zero-order valence-corrected chi connectivity index (χ0v) is 11.8. The van der Waals surface area contributed by atoms with Crippen LogP contribution in [0.4, 0.5) is 10.1 Å². The Balaban J connectivity index is 2.00. The van der Waals surface area contributed by atoms with Crippen molar-refractivity contribution in [1.82, 2.24) is 0 Å². The van der Waals surface area contributed by atoms with Gasteiger partial charge in [-0.15, -0.1) is 0 Å². The highest BCUT2D eigenvalue weighted by Gasteiger charge is 2.48. The smallest absolute Gasteiger partial charge is 0.196 e. The lowest BCUT2D eigenvalue weighted by Gasteiger charge is -2.46. The summed E-state index contributed by atoms with van der Waals surface area (Å²) in [5.41, 5.74) is 6.99. The molecule has 1 saturated heterocycles. The number of halogens is 1. The average Bonchev–Trinajstić information content (AvgIpc) is 2.73. The van der Waals surface area contributed by atoms with Gasteiger partial charge in [0.15, 0.2) is 5.96 Å². The average molecular weight is 279 g/mol. The van der Waals surface area contributed by atoms with E-state index in [2.05, 4.69) is 16.8 Å². The van der Waals surface area contributed by atoms with Crippen LogP contribution in [-0.2, 0) is 0 Å². The quantitative estimate of drug-likeness (QED) is 0.859. The van der Waals surface area contributed by atoms with E-state index < -0.39 is 0 Å². The molecular weight excluding hydrogens is 261 g/mol. The van der Waals surface area contributed by atoms with Gasteiger partial charge in [-0.3, -0.25) is 4.99 Å². The van der Waals surface area contributed by atoms with Crippen molar-refractivity contribution in [1.29, 1.82) is 0 Å². The Kier molecular flexibility index (Phi) is 3.17. The van der Waals surface area contributed by atoms with Crippen LogP contribution in [0.25, 0.3) is 0 Å². The number of benzene rings is 1. The first-order chi connectivity index (χ1) is 9.13. The lowest BCUT2D eigenvalue weighted by Crippen LogP contribution is -2.58. The van der Waals surface area contributed by atoms with Crippen LogP contribution in [0.5, 0.6) is 0 Å². The Morgan fingerprint density at radius 1 is 1.42 bits per heavy atom. The van der Waals surface area contributed by atoms with E-state index in [1.165, 1.54) is 24.3 Å². The third-order valence-electron chi connectivity index (χ3n) is 4.15. The molecule has 102 valence electrons. The number of nitrogens with two attached hydrogens (primary N) is 1. The Morgan fingerprint density at radius 2 is 2.16 bits per heavy atom. The molecule has 1 aromatic carbocycles. The number of hydrogen-bond donors (Lipinski definition) is 1. The van der Waals surface area contributed by atoms with Crippen molar-refractivity contribution in [2.24, 2.45) is 10.7 Å². The van der Waals surface area contributed by atoms with Gasteiger partial charge in [0, 0.05) is 10.9 Å². The number of nitrogens with zero attached hydrogens (tertiary/aromatic N) is 2. The van der Waals surface area contributed by atoms with Gasteiger partial charge in [0.05, 0.1) is 12.1 Å². The van der Waals surface area contributed by atoms with Gasteiger partial charge in [-0.1, -0.05) is 6.92 Å². The van der Waals surface area contributed by atoms with Gasteiger partial charge < -0.3 is 10.6 Å². The molecule has 3 nitrogen and oxygen atoms in total. The molecule has 1 fully saturated rings. The normalized spacial score (nSPS) is 30.7. The van der Waals surface area contributed by atoms with E-state index in [9.17, 15) is 4.39 Å². The van der Waals surface area contributed by atoms with Gasteiger partial charge in [0.1, 0.15) is 5.82 Å². The van der Waals surface area contributed by atoms with E-state index >= 15 is 0 Å². The molecule has 19 heavy (non-hydrogen) atoms. The third kappa shape index (κ3) is 2.00. The van der Waals surface area contributed by atoms with Crippen molar-refractivity contribution < 1.29 is 4.39 Å². The predicted octanol–water partition coefficient (Wildman–Crippen LogP) is 2.61. The van der Waals surface area contributed by atoms with Crippen molar-refractivity contribution in [3.05, 3.63) is 30.1 Å². The minimum atomic E-state index is -0.224. The standard InChI is InChI=1S/C14H18FN3S/c1-10-14(7-2-8-19-10)9-17-13(16)18(14)12-5-3-11(15)4-6-12/h3-6,10H,2,7-9H2,1H3,(H2,16,17). The highest BCUT2D eigenvalue weighted by molar-refractivity contribution is 8.00. The van der Waals surface area contributed by atoms with Crippen LogP contribution >= 0.6 is 11.8 Å². The van der Waals surface area contributed by atoms with E-state index in [0.29, 0.717) is 11.2 Å². The fourth-order valence-corrected chi connectivity index (χ4v) is 4.34. The number of thioether (sulfide) groups is 1. The second-order valence-electron chi connectivity index (χ2n) is 5.21. The Hall–Kier alpha value is -1.23. The van der Waals surface area contributed by atoms with E-state index in [1.807, 2.05) is 11.8 Å². The van der Waals surface area contributed by atoms with E-state index in [4.69, 9.17) is 5.73 Å². The summed E-state index contributed by atoms with van der Waals surface area (Å²) in [6.07, 6.45) is 2.26. The van der Waals surface area contributed by atoms with Crippen LogP contribution in [0, 0.1) is 5.82 Å². The van der Waals surface area contributed by atoms with E-state index in [1.54, 1.807) is 12.1 Å². The summed E-state index contributed by atoms with van der Waals surface area (Å²) < 4.78 is 13.1. The second-order valence-corrected chi connectivity index (χ2v) is 6.66. The summed E-state index contributed by atoms with van der Waals surface area (Å²) in [7, 11) is 0. The van der Waals surface area contributed by atoms with Crippen LogP contribution in [0.3, 0.4) is 0 Å². The highest BCUT2D eigenvalue weighted by atomic mass is 32.2. The fourth-order valence-electron chi connectivity index (χ4n) is 3.06. The van der Waals surface area contributed by atoms with Crippen molar-refractivity contribution in [2.75, 3.05) is 17.2 Å². The van der Waals surface area contributed by atoms with E-state index in [0.717, 1.165) is 18.7 Å². The van der Waals surface area contributed by atoms with Gasteiger partial charge in [0.2, 0.25) is 0 Å². The first kappa shape index (κ1) is 12.8. The monoisotopic (exact) mass is 279 g/mol. The first-order valence-electron chi connectivity index (χ1n) is 6.61. The topological polar surface area (TPSA) is 41.6 Å². The lowest BCUT2D eigenvalue weighted by molar-refractivity contribution is 0.404. The van der Waals surface area contributed by atoms with Gasteiger partial charge >= 0.3 is 0 Å². The molecule has 0 saturated carbocycles. The molecule has 2 heterocycles. The number of guanidine groups is 1. The molecule has 0 aromatic heterocycles. The van der Waals surface area contributed by atoms with Gasteiger partial charge in [-0.2, -0.15) is 11.8 Å². The van der Waals surface area contributed by atoms with Crippen LogP contribution in [-0.4, -0.2) is 29.0 Å². The van der Waals surface area contributed by atoms with Crippen molar-refractivity contribution in [2.45, 2.75) is 30.6 Å². The van der Waals surface area contributed by atoms with Crippen LogP contribution in [0.2, 0.25) is 0 Å². The van der Waals surface area contributed by atoms with Gasteiger partial charge in [-0.25, -0.2) is 4.39 Å². The molecule has 0 aliphatic carbocycles. The summed E-state index contributed by atoms with van der Waals surface area (Å²) >= 11 is 1.97. The zero-order chi connectivity index (χ0) is 13.5. The second kappa shape index (κ2) is 4.71. The van der Waals surface area contributed by atoms with Crippen molar-refractivity contribution >= 4 is 23.4 Å². The molecule has 5 heteroatoms. The number of hydrogen-bond acceptors (Lipinski definition) is 4. The Bertz CT molecular complexity index is 502. The minimum Gasteiger partial charge on any atom is -0.369 e. The maximum atomic E-state index is 13.1. The zero-order valence-electron chi connectivity index (χ0n) is 11.0. The maximum Gasteiger partial charge on any atom is 0.196 e. The largest absolute Gasteiger partial charge is 0.369 e. The molecule has 2 aliphatic rings. The van der Waals surface area contributed by atoms with E-state index in [-0.39, 0.29) is 11.4 Å². The van der Waals surface area contributed by atoms with Crippen molar-refractivity contribution in [3.63, 3.8) is 0 Å². The molecule has 1 aromatic rings. The van der Waals surface area contributed by atoms with Gasteiger partial charge in [0.25, 0.3) is 0 Å². The van der Waals surface area contributed by atoms with Crippen molar-refractivity contribution in [3.8, 4) is 0 Å². The summed E-state index contributed by atoms with van der Waals surface area (Å²) in [6.45, 7) is 2.98. The molecule has 3 rings (SSSR count). The molecule has 2 N–H and O–H groups in total. The van der Waals surface area contributed by atoms with Gasteiger partial charge in [-0.05, 0) is 42.9 Å². The Morgan fingerprint density at radius 3 is 2.84 bits per heavy atom. The third-order valence-corrected chi connectivity index (χ3v) is 5.62. The first-order valence-corrected chi connectivity index (χ1v) is 7.66. The van der Waals surface area contributed by atoms with Crippen LogP contribution < -0.4 is 10.6 Å². The Labute approximate surface area is 117 Å². The highest BCUT2D eigenvalue weighted by Crippen LogP contribution is 2.43. The maximum absolute atomic E-state index is 13.1. The molecule has 2 unspecified atom stereocenters.